The van der Waals surface area contributed by atoms with E-state index in [1.165, 1.54) is 0 Å². The van der Waals surface area contributed by atoms with Crippen molar-refractivity contribution in [3.63, 3.8) is 0 Å². The molecule has 6 heteroatoms. The van der Waals surface area contributed by atoms with Gasteiger partial charge in [-0.15, -0.1) is 0 Å². The minimum atomic E-state index is -0.141. The van der Waals surface area contributed by atoms with E-state index in [2.05, 4.69) is 55.8 Å². The van der Waals surface area contributed by atoms with Gasteiger partial charge in [-0.2, -0.15) is 0 Å². The van der Waals surface area contributed by atoms with Gasteiger partial charge >= 0.3 is 6.03 Å². The molecule has 3 N–H and O–H groups in total. The summed E-state index contributed by atoms with van der Waals surface area (Å²) in [5.41, 5.74) is 1.01. The van der Waals surface area contributed by atoms with Gasteiger partial charge in [-0.3, -0.25) is 0 Å². The zero-order valence-corrected chi connectivity index (χ0v) is 11.9. The second-order valence-corrected chi connectivity index (χ2v) is 5.56. The minimum absolute atomic E-state index is 0.000122. The van der Waals surface area contributed by atoms with Gasteiger partial charge in [-0.1, -0.05) is 0 Å². The van der Waals surface area contributed by atoms with Crippen molar-refractivity contribution in [2.24, 2.45) is 0 Å². The Bertz CT molecular complexity index is 400. The molecule has 2 amide bonds. The number of carbonyl (C=O) groups excluding carboxylic acids is 1. The molecule has 1 atom stereocenters. The maximum absolute atomic E-state index is 11.0. The van der Waals surface area contributed by atoms with Crippen molar-refractivity contribution in [1.29, 1.82) is 0 Å². The van der Waals surface area contributed by atoms with Crippen LogP contribution in [-0.4, -0.2) is 17.7 Å². The van der Waals surface area contributed by atoms with Crippen molar-refractivity contribution in [3.05, 3.63) is 24.8 Å². The number of hydrogen-bond donors (Lipinski definition) is 3. The van der Waals surface area contributed by atoms with Gasteiger partial charge in [0.25, 0.3) is 0 Å². The highest BCUT2D eigenvalue weighted by molar-refractivity contribution is 14.1. The van der Waals surface area contributed by atoms with E-state index in [1.807, 2.05) is 12.1 Å². The number of aromatic hydroxyl groups is 1. The van der Waals surface area contributed by atoms with Gasteiger partial charge in [0, 0.05) is 6.54 Å². The first kappa shape index (κ1) is 11.2. The lowest BCUT2D eigenvalue weighted by Gasteiger charge is -2.11. The quantitative estimate of drug-likeness (QED) is 0.597. The molecule has 1 aromatic rings. The molecule has 1 fully saturated rings. The van der Waals surface area contributed by atoms with Crippen molar-refractivity contribution < 1.29 is 9.90 Å². The number of amides is 2. The van der Waals surface area contributed by atoms with Crippen LogP contribution in [0, 0.1) is 7.14 Å². The highest BCUT2D eigenvalue weighted by Crippen LogP contribution is 2.30. The normalized spacial score (nSPS) is 19.9. The summed E-state index contributed by atoms with van der Waals surface area (Å²) in [7, 11) is 0. The first-order valence-corrected chi connectivity index (χ1v) is 6.46. The first-order chi connectivity index (χ1) is 7.08. The summed E-state index contributed by atoms with van der Waals surface area (Å²) >= 11 is 4.16. The first-order valence-electron chi connectivity index (χ1n) is 4.30. The van der Waals surface area contributed by atoms with Crippen molar-refractivity contribution in [2.75, 3.05) is 6.54 Å². The van der Waals surface area contributed by atoms with E-state index in [1.54, 1.807) is 0 Å². The Balaban J connectivity index is 2.33. The molecule has 1 aromatic carbocycles. The van der Waals surface area contributed by atoms with Crippen LogP contribution in [0.3, 0.4) is 0 Å². The van der Waals surface area contributed by atoms with E-state index in [0.29, 0.717) is 12.3 Å². The Morgan fingerprint density at radius 1 is 1.33 bits per heavy atom. The Kier molecular flexibility index (Phi) is 3.24. The zero-order chi connectivity index (χ0) is 11.0. The zero-order valence-electron chi connectivity index (χ0n) is 7.55. The van der Waals surface area contributed by atoms with Gasteiger partial charge in [0.05, 0.1) is 13.2 Å². The molecule has 0 aliphatic carbocycles. The molecule has 1 saturated heterocycles. The number of phenols is 1. The van der Waals surface area contributed by atoms with Crippen LogP contribution in [0.5, 0.6) is 5.75 Å². The molecule has 0 saturated carbocycles. The van der Waals surface area contributed by atoms with Gasteiger partial charge < -0.3 is 15.7 Å². The summed E-state index contributed by atoms with van der Waals surface area (Å²) < 4.78 is 1.60. The molecule has 0 bridgehead atoms. The fraction of sp³-hybridized carbons (Fsp3) is 0.222. The molecule has 80 valence electrons. The topological polar surface area (TPSA) is 61.4 Å². The summed E-state index contributed by atoms with van der Waals surface area (Å²) in [6, 6.07) is 3.63. The lowest BCUT2D eigenvalue weighted by Crippen LogP contribution is -2.21. The SMILES string of the molecule is O=C1NC[C@@H](c2cc(I)c(O)c(I)c2)N1. The summed E-state index contributed by atoms with van der Waals surface area (Å²) in [5.74, 6) is 0.303. The second-order valence-electron chi connectivity index (χ2n) is 3.24. The monoisotopic (exact) mass is 430 g/mol. The maximum Gasteiger partial charge on any atom is 0.315 e. The van der Waals surface area contributed by atoms with Gasteiger partial charge in [0.1, 0.15) is 5.75 Å². The smallest absolute Gasteiger partial charge is 0.315 e. The summed E-state index contributed by atoms with van der Waals surface area (Å²) in [6.07, 6.45) is 0. The maximum atomic E-state index is 11.0. The van der Waals surface area contributed by atoms with Gasteiger partial charge in [-0.25, -0.2) is 4.79 Å². The number of rotatable bonds is 1. The number of benzene rings is 1. The molecular formula is C9H8I2N2O2. The van der Waals surface area contributed by atoms with Crippen molar-refractivity contribution in [2.45, 2.75) is 6.04 Å². The van der Waals surface area contributed by atoms with Crippen LogP contribution in [0.2, 0.25) is 0 Å². The lowest BCUT2D eigenvalue weighted by molar-refractivity contribution is 0.247. The van der Waals surface area contributed by atoms with Crippen LogP contribution < -0.4 is 10.6 Å². The predicted octanol–water partition coefficient (Wildman–Crippen LogP) is 1.96. The molecular weight excluding hydrogens is 422 g/mol. The Hall–Kier alpha value is -0.250. The van der Waals surface area contributed by atoms with Gasteiger partial charge in [-0.05, 0) is 62.9 Å². The van der Waals surface area contributed by atoms with Crippen molar-refractivity contribution in [3.8, 4) is 5.75 Å². The molecule has 0 unspecified atom stereocenters. The number of carbonyl (C=O) groups is 1. The lowest BCUT2D eigenvalue weighted by atomic mass is 10.1. The third-order valence-electron chi connectivity index (χ3n) is 2.21. The molecule has 1 heterocycles. The molecule has 2 rings (SSSR count). The van der Waals surface area contributed by atoms with Crippen LogP contribution >= 0.6 is 45.2 Å². The van der Waals surface area contributed by atoms with E-state index >= 15 is 0 Å². The molecule has 1 aliphatic heterocycles. The molecule has 15 heavy (non-hydrogen) atoms. The molecule has 0 radical (unpaired) electrons. The number of nitrogens with one attached hydrogen (secondary N) is 2. The fourth-order valence-electron chi connectivity index (χ4n) is 1.44. The van der Waals surface area contributed by atoms with Crippen molar-refractivity contribution in [1.82, 2.24) is 10.6 Å². The molecule has 0 aromatic heterocycles. The minimum Gasteiger partial charge on any atom is -0.506 e. The summed E-state index contributed by atoms with van der Waals surface area (Å²) in [4.78, 5) is 11.0. The van der Waals surface area contributed by atoms with Crippen LogP contribution in [0.25, 0.3) is 0 Å². The van der Waals surface area contributed by atoms with Gasteiger partial charge in [0.2, 0.25) is 0 Å². The molecule has 4 nitrogen and oxygen atoms in total. The van der Waals surface area contributed by atoms with E-state index in [9.17, 15) is 9.90 Å². The Morgan fingerprint density at radius 2 is 1.93 bits per heavy atom. The average molecular weight is 430 g/mol. The van der Waals surface area contributed by atoms with Crippen LogP contribution in [-0.2, 0) is 0 Å². The molecule has 0 spiro atoms. The summed E-state index contributed by atoms with van der Waals surface area (Å²) in [5, 5.41) is 15.1. The number of halogens is 2. The summed E-state index contributed by atoms with van der Waals surface area (Å²) in [6.45, 7) is 0.593. The highest BCUT2D eigenvalue weighted by atomic mass is 127. The third-order valence-corrected chi connectivity index (χ3v) is 3.86. The molecule has 1 aliphatic rings. The number of phenolic OH excluding ortho intramolecular Hbond substituents is 1. The predicted molar refractivity (Wildman–Crippen MR) is 72.8 cm³/mol. The average Bonchev–Trinajstić information content (AvgIpc) is 2.60. The van der Waals surface area contributed by atoms with E-state index in [4.69, 9.17) is 0 Å². The highest BCUT2D eigenvalue weighted by Gasteiger charge is 2.22. The third kappa shape index (κ3) is 2.30. The Labute approximate surface area is 114 Å². The largest absolute Gasteiger partial charge is 0.506 e. The van der Waals surface area contributed by atoms with Crippen molar-refractivity contribution >= 4 is 51.2 Å². The standard InChI is InChI=1S/C9H8I2N2O2/c10-5-1-4(2-6(11)8(5)14)7-3-12-9(15)13-7/h1-2,7,14H,3H2,(H2,12,13,15)/t7-/m0/s1. The van der Waals surface area contributed by atoms with E-state index < -0.39 is 0 Å². The van der Waals surface area contributed by atoms with Crippen LogP contribution in [0.15, 0.2) is 12.1 Å². The number of urea groups is 1. The van der Waals surface area contributed by atoms with E-state index in [-0.39, 0.29) is 12.1 Å². The second kappa shape index (κ2) is 4.32. The van der Waals surface area contributed by atoms with Crippen LogP contribution in [0.1, 0.15) is 11.6 Å². The Morgan fingerprint density at radius 3 is 2.40 bits per heavy atom. The van der Waals surface area contributed by atoms with E-state index in [0.717, 1.165) is 12.7 Å². The number of hydrogen-bond acceptors (Lipinski definition) is 2. The van der Waals surface area contributed by atoms with Crippen LogP contribution in [0.4, 0.5) is 4.79 Å². The van der Waals surface area contributed by atoms with Gasteiger partial charge in [0.15, 0.2) is 0 Å². The fourth-order valence-corrected chi connectivity index (χ4v) is 3.26.